The van der Waals surface area contributed by atoms with E-state index in [0.29, 0.717) is 5.56 Å². The zero-order valence-electron chi connectivity index (χ0n) is 11.3. The van der Waals surface area contributed by atoms with E-state index in [-0.39, 0.29) is 23.6 Å². The molecule has 102 valence electrons. The highest BCUT2D eigenvalue weighted by molar-refractivity contribution is 7.12. The summed E-state index contributed by atoms with van der Waals surface area (Å²) in [4.78, 5) is 2.53. The van der Waals surface area contributed by atoms with Crippen LogP contribution in [0.25, 0.3) is 0 Å². The van der Waals surface area contributed by atoms with E-state index in [1.54, 1.807) is 29.5 Å². The van der Waals surface area contributed by atoms with Gasteiger partial charge in [-0.2, -0.15) is 0 Å². The number of phenols is 2. The van der Waals surface area contributed by atoms with Crippen molar-refractivity contribution in [3.05, 3.63) is 45.6 Å². The fourth-order valence-corrected chi connectivity index (χ4v) is 3.10. The maximum Gasteiger partial charge on any atom is 0.124 e. The minimum Gasteiger partial charge on any atom is -0.507 e. The van der Waals surface area contributed by atoms with E-state index in [4.69, 9.17) is 0 Å². The number of benzene rings is 1. The van der Waals surface area contributed by atoms with Crippen molar-refractivity contribution in [3.63, 3.8) is 0 Å². The van der Waals surface area contributed by atoms with Crippen LogP contribution in [0, 0.1) is 6.92 Å². The molecule has 0 aliphatic heterocycles. The number of rotatable bonds is 4. The Balaban J connectivity index is 2.15. The van der Waals surface area contributed by atoms with Crippen molar-refractivity contribution in [1.82, 2.24) is 5.32 Å². The molecule has 0 saturated heterocycles. The number of phenolic OH excluding ortho intramolecular Hbond substituents is 2. The fraction of sp³-hybridized carbons (Fsp3) is 0.333. The first-order chi connectivity index (χ1) is 8.99. The van der Waals surface area contributed by atoms with Crippen LogP contribution in [0.1, 0.15) is 41.2 Å². The summed E-state index contributed by atoms with van der Waals surface area (Å²) in [5, 5.41) is 23.1. The summed E-state index contributed by atoms with van der Waals surface area (Å²) in [5.74, 6) is 0.240. The molecule has 0 aliphatic rings. The first-order valence-corrected chi connectivity index (χ1v) is 7.14. The molecule has 3 nitrogen and oxygen atoms in total. The Morgan fingerprint density at radius 1 is 1.00 bits per heavy atom. The highest BCUT2D eigenvalue weighted by atomic mass is 32.1. The van der Waals surface area contributed by atoms with Crippen LogP contribution in [0.4, 0.5) is 0 Å². The van der Waals surface area contributed by atoms with Gasteiger partial charge in [0.1, 0.15) is 11.5 Å². The summed E-state index contributed by atoms with van der Waals surface area (Å²) in [5.41, 5.74) is 0.544. The predicted octanol–water partition coefficient (Wildman–Crippen LogP) is 3.88. The number of thiophene rings is 1. The van der Waals surface area contributed by atoms with Gasteiger partial charge in [0, 0.05) is 21.8 Å². The molecule has 1 heterocycles. The molecule has 19 heavy (non-hydrogen) atoms. The van der Waals surface area contributed by atoms with Gasteiger partial charge in [0.05, 0.1) is 5.56 Å². The molecule has 3 N–H and O–H groups in total. The number of hydrogen-bond donors (Lipinski definition) is 3. The number of aromatic hydroxyl groups is 2. The van der Waals surface area contributed by atoms with Crippen LogP contribution in [0.5, 0.6) is 11.5 Å². The van der Waals surface area contributed by atoms with Crippen molar-refractivity contribution >= 4 is 11.3 Å². The molecule has 0 aliphatic carbocycles. The Bertz CT molecular complexity index is 545. The predicted molar refractivity (Wildman–Crippen MR) is 78.8 cm³/mol. The molecule has 0 amide bonds. The first kappa shape index (κ1) is 13.9. The number of aryl methyl sites for hydroxylation is 1. The van der Waals surface area contributed by atoms with Gasteiger partial charge in [0.25, 0.3) is 0 Å². The standard InChI is InChI=1S/C15H19NO2S/c1-9-7-8-14(19-9)10(2)16-11(3)15-12(17)5-4-6-13(15)18/h4-8,10-11,16-18H,1-3H3. The van der Waals surface area contributed by atoms with Crippen molar-refractivity contribution in [1.29, 1.82) is 0 Å². The normalized spacial score (nSPS) is 14.3. The Labute approximate surface area is 117 Å². The fourth-order valence-electron chi connectivity index (χ4n) is 2.21. The van der Waals surface area contributed by atoms with E-state index in [0.717, 1.165) is 0 Å². The molecule has 0 bridgehead atoms. The molecule has 1 aromatic carbocycles. The van der Waals surface area contributed by atoms with E-state index in [1.165, 1.54) is 9.75 Å². The molecule has 2 aromatic rings. The van der Waals surface area contributed by atoms with Crippen molar-refractivity contribution < 1.29 is 10.2 Å². The van der Waals surface area contributed by atoms with Gasteiger partial charge in [-0.3, -0.25) is 0 Å². The molecule has 2 unspecified atom stereocenters. The lowest BCUT2D eigenvalue weighted by Gasteiger charge is -2.21. The van der Waals surface area contributed by atoms with Crippen LogP contribution in [-0.4, -0.2) is 10.2 Å². The van der Waals surface area contributed by atoms with Gasteiger partial charge in [-0.25, -0.2) is 0 Å². The quantitative estimate of drug-likeness (QED) is 0.795. The van der Waals surface area contributed by atoms with Crippen molar-refractivity contribution in [2.45, 2.75) is 32.9 Å². The summed E-state index contributed by atoms with van der Waals surface area (Å²) < 4.78 is 0. The summed E-state index contributed by atoms with van der Waals surface area (Å²) in [7, 11) is 0. The average Bonchev–Trinajstić information content (AvgIpc) is 2.75. The first-order valence-electron chi connectivity index (χ1n) is 6.32. The van der Waals surface area contributed by atoms with Crippen molar-refractivity contribution in [2.75, 3.05) is 0 Å². The SMILES string of the molecule is Cc1ccc(C(C)NC(C)c2c(O)cccc2O)s1. The lowest BCUT2D eigenvalue weighted by Crippen LogP contribution is -2.22. The molecule has 1 aromatic heterocycles. The third-order valence-corrected chi connectivity index (χ3v) is 4.36. The second-order valence-electron chi connectivity index (χ2n) is 4.77. The van der Waals surface area contributed by atoms with Gasteiger partial charge in [-0.05, 0) is 45.0 Å². The minimum atomic E-state index is -0.126. The summed E-state index contributed by atoms with van der Waals surface area (Å²) in [6, 6.07) is 9.06. The van der Waals surface area contributed by atoms with Gasteiger partial charge >= 0.3 is 0 Å². The summed E-state index contributed by atoms with van der Waals surface area (Å²) >= 11 is 1.75. The van der Waals surface area contributed by atoms with Gasteiger partial charge in [0.2, 0.25) is 0 Å². The molecule has 2 rings (SSSR count). The van der Waals surface area contributed by atoms with E-state index in [9.17, 15) is 10.2 Å². The number of nitrogens with one attached hydrogen (secondary N) is 1. The van der Waals surface area contributed by atoms with Crippen LogP contribution < -0.4 is 5.32 Å². The second kappa shape index (κ2) is 5.63. The zero-order valence-corrected chi connectivity index (χ0v) is 12.2. The summed E-state index contributed by atoms with van der Waals surface area (Å²) in [6.07, 6.45) is 0. The minimum absolute atomic E-state index is 0.120. The molecule has 4 heteroatoms. The highest BCUT2D eigenvalue weighted by Crippen LogP contribution is 2.34. The zero-order chi connectivity index (χ0) is 14.0. The van der Waals surface area contributed by atoms with Gasteiger partial charge < -0.3 is 15.5 Å². The Morgan fingerprint density at radius 2 is 1.63 bits per heavy atom. The Hall–Kier alpha value is -1.52. The average molecular weight is 277 g/mol. The van der Waals surface area contributed by atoms with Gasteiger partial charge in [-0.1, -0.05) is 6.07 Å². The largest absolute Gasteiger partial charge is 0.507 e. The molecule has 0 saturated carbocycles. The lowest BCUT2D eigenvalue weighted by atomic mass is 10.0. The lowest BCUT2D eigenvalue weighted by molar-refractivity contribution is 0.408. The number of hydrogen-bond acceptors (Lipinski definition) is 4. The molecule has 0 radical (unpaired) electrons. The third-order valence-electron chi connectivity index (χ3n) is 3.18. The smallest absolute Gasteiger partial charge is 0.124 e. The topological polar surface area (TPSA) is 52.5 Å². The Kier molecular flexibility index (Phi) is 4.12. The van der Waals surface area contributed by atoms with Crippen molar-refractivity contribution in [2.24, 2.45) is 0 Å². The molecular weight excluding hydrogens is 258 g/mol. The highest BCUT2D eigenvalue weighted by Gasteiger charge is 2.18. The van der Waals surface area contributed by atoms with Crippen LogP contribution in [0.15, 0.2) is 30.3 Å². The van der Waals surface area contributed by atoms with Crippen LogP contribution in [-0.2, 0) is 0 Å². The monoisotopic (exact) mass is 277 g/mol. The van der Waals surface area contributed by atoms with Gasteiger partial charge in [-0.15, -0.1) is 11.3 Å². The van der Waals surface area contributed by atoms with E-state index in [2.05, 4.69) is 31.3 Å². The van der Waals surface area contributed by atoms with Crippen LogP contribution in [0.3, 0.4) is 0 Å². The van der Waals surface area contributed by atoms with Crippen LogP contribution >= 0.6 is 11.3 Å². The van der Waals surface area contributed by atoms with E-state index < -0.39 is 0 Å². The molecule has 0 fully saturated rings. The third kappa shape index (κ3) is 3.08. The van der Waals surface area contributed by atoms with Gasteiger partial charge in [0.15, 0.2) is 0 Å². The maximum atomic E-state index is 9.85. The Morgan fingerprint density at radius 3 is 2.16 bits per heavy atom. The summed E-state index contributed by atoms with van der Waals surface area (Å²) in [6.45, 7) is 6.10. The van der Waals surface area contributed by atoms with E-state index >= 15 is 0 Å². The van der Waals surface area contributed by atoms with Crippen molar-refractivity contribution in [3.8, 4) is 11.5 Å². The molecule has 0 spiro atoms. The maximum absolute atomic E-state index is 9.85. The molecular formula is C15H19NO2S. The second-order valence-corrected chi connectivity index (χ2v) is 6.09. The van der Waals surface area contributed by atoms with Crippen LogP contribution in [0.2, 0.25) is 0 Å². The molecule has 2 atom stereocenters. The van der Waals surface area contributed by atoms with E-state index in [1.807, 2.05) is 6.92 Å².